The van der Waals surface area contributed by atoms with Gasteiger partial charge in [0.05, 0.1) is 12.0 Å². The number of pyridine rings is 1. The molecule has 2 bridgehead atoms. The van der Waals surface area contributed by atoms with Crippen LogP contribution in [-0.4, -0.2) is 58.7 Å². The summed E-state index contributed by atoms with van der Waals surface area (Å²) in [5.41, 5.74) is 0.877. The van der Waals surface area contributed by atoms with Crippen molar-refractivity contribution in [3.05, 3.63) is 34.2 Å². The first-order chi connectivity index (χ1) is 11.0. The summed E-state index contributed by atoms with van der Waals surface area (Å²) in [6.07, 6.45) is 0.977. The number of hydrogen-bond donors (Lipinski definition) is 1. The highest BCUT2D eigenvalue weighted by Crippen LogP contribution is 2.48. The Morgan fingerprint density at radius 3 is 2.74 bits per heavy atom. The molecule has 0 unspecified atom stereocenters. The van der Waals surface area contributed by atoms with E-state index < -0.39 is 0 Å². The quantitative estimate of drug-likeness (QED) is 0.867. The first kappa shape index (κ1) is 16.2. The summed E-state index contributed by atoms with van der Waals surface area (Å²) in [5, 5.41) is 9.96. The third-order valence-corrected chi connectivity index (χ3v) is 5.25. The van der Waals surface area contributed by atoms with Crippen LogP contribution in [0.5, 0.6) is 0 Å². The average molecular weight is 319 g/mol. The lowest BCUT2D eigenvalue weighted by Gasteiger charge is -2.38. The van der Waals surface area contributed by atoms with Crippen molar-refractivity contribution in [2.45, 2.75) is 32.0 Å². The van der Waals surface area contributed by atoms with E-state index in [1.54, 1.807) is 35.7 Å². The fourth-order valence-corrected chi connectivity index (χ4v) is 4.32. The number of amides is 1. The van der Waals surface area contributed by atoms with E-state index in [1.165, 1.54) is 0 Å². The number of rotatable bonds is 4. The third kappa shape index (κ3) is 2.40. The minimum atomic E-state index is -0.304. The molecular formula is C17H25N3O3. The molecule has 1 saturated heterocycles. The highest BCUT2D eigenvalue weighted by molar-refractivity contribution is 5.80. The average Bonchev–Trinajstić information content (AvgIpc) is 2.73. The molecule has 4 atom stereocenters. The van der Waals surface area contributed by atoms with Crippen molar-refractivity contribution in [3.63, 3.8) is 0 Å². The Bertz CT molecular complexity index is 655. The molecule has 1 amide bonds. The molecule has 0 spiro atoms. The number of aliphatic hydroxyl groups excluding tert-OH is 1. The number of aliphatic hydroxyl groups is 1. The predicted octanol–water partition coefficient (Wildman–Crippen LogP) is 0.310. The predicted molar refractivity (Wildman–Crippen MR) is 87.0 cm³/mol. The van der Waals surface area contributed by atoms with Crippen molar-refractivity contribution in [1.29, 1.82) is 0 Å². The zero-order valence-corrected chi connectivity index (χ0v) is 14.0. The number of carbonyl (C=O) groups excluding carboxylic acids is 1. The van der Waals surface area contributed by atoms with E-state index in [2.05, 4.69) is 11.8 Å². The van der Waals surface area contributed by atoms with Crippen LogP contribution in [0.25, 0.3) is 0 Å². The van der Waals surface area contributed by atoms with Crippen LogP contribution in [0.4, 0.5) is 0 Å². The lowest BCUT2D eigenvalue weighted by molar-refractivity contribution is -0.135. The summed E-state index contributed by atoms with van der Waals surface area (Å²) in [6, 6.07) is 5.18. The SMILES string of the molecule is CCCN1[C@@H]2Cn3c(cccc3=O)[C@H]1[C@@H](C(=O)N(C)C)[C@@H]2CO. The molecule has 3 rings (SSSR count). The largest absolute Gasteiger partial charge is 0.396 e. The van der Waals surface area contributed by atoms with Crippen LogP contribution in [0, 0.1) is 11.8 Å². The van der Waals surface area contributed by atoms with Gasteiger partial charge in [0, 0.05) is 51.0 Å². The van der Waals surface area contributed by atoms with Gasteiger partial charge in [-0.3, -0.25) is 14.5 Å². The van der Waals surface area contributed by atoms with E-state index in [9.17, 15) is 14.7 Å². The molecule has 2 aliphatic heterocycles. The Hall–Kier alpha value is -1.66. The summed E-state index contributed by atoms with van der Waals surface area (Å²) in [5.74, 6) is -0.412. The van der Waals surface area contributed by atoms with E-state index in [0.29, 0.717) is 6.54 Å². The van der Waals surface area contributed by atoms with Crippen LogP contribution in [0.3, 0.4) is 0 Å². The fraction of sp³-hybridized carbons (Fsp3) is 0.647. The summed E-state index contributed by atoms with van der Waals surface area (Å²) < 4.78 is 1.78. The molecule has 23 heavy (non-hydrogen) atoms. The zero-order valence-electron chi connectivity index (χ0n) is 14.0. The lowest BCUT2D eigenvalue weighted by atomic mass is 9.86. The Morgan fingerprint density at radius 1 is 1.39 bits per heavy atom. The second-order valence-electron chi connectivity index (χ2n) is 6.75. The van der Waals surface area contributed by atoms with Gasteiger partial charge in [0.2, 0.25) is 5.91 Å². The fourth-order valence-electron chi connectivity index (χ4n) is 4.32. The highest BCUT2D eigenvalue weighted by Gasteiger charge is 2.55. The van der Waals surface area contributed by atoms with Gasteiger partial charge in [-0.05, 0) is 19.0 Å². The molecule has 1 aromatic heterocycles. The molecule has 0 radical (unpaired) electrons. The maximum absolute atomic E-state index is 12.8. The van der Waals surface area contributed by atoms with Crippen LogP contribution < -0.4 is 5.56 Å². The van der Waals surface area contributed by atoms with Crippen LogP contribution in [-0.2, 0) is 11.3 Å². The normalized spacial score (nSPS) is 29.4. The Balaban J connectivity index is 2.14. The van der Waals surface area contributed by atoms with Crippen molar-refractivity contribution in [2.75, 3.05) is 27.2 Å². The van der Waals surface area contributed by atoms with Crippen LogP contribution in [0.1, 0.15) is 25.1 Å². The molecule has 6 heteroatoms. The van der Waals surface area contributed by atoms with Gasteiger partial charge in [-0.25, -0.2) is 0 Å². The standard InChI is InChI=1S/C17H25N3O3/c1-4-8-19-13-9-20-12(6-5-7-14(20)22)16(19)15(11(13)10-21)17(23)18(2)3/h5-7,11,13,15-16,21H,4,8-10H2,1-3H3/t11-,13-,15+,16+/m1/s1. The first-order valence-corrected chi connectivity index (χ1v) is 8.28. The second-order valence-corrected chi connectivity index (χ2v) is 6.75. The maximum atomic E-state index is 12.8. The monoisotopic (exact) mass is 319 g/mol. The minimum Gasteiger partial charge on any atom is -0.396 e. The van der Waals surface area contributed by atoms with E-state index in [-0.39, 0.29) is 42.0 Å². The van der Waals surface area contributed by atoms with Crippen molar-refractivity contribution >= 4 is 5.91 Å². The number of hydrogen-bond acceptors (Lipinski definition) is 4. The van der Waals surface area contributed by atoms with Gasteiger partial charge >= 0.3 is 0 Å². The topological polar surface area (TPSA) is 65.8 Å². The zero-order chi connectivity index (χ0) is 16.7. The number of fused-ring (bicyclic) bond motifs is 4. The Labute approximate surface area is 136 Å². The Morgan fingerprint density at radius 2 is 2.13 bits per heavy atom. The summed E-state index contributed by atoms with van der Waals surface area (Å²) in [6.45, 7) is 3.50. The molecule has 1 N–H and O–H groups in total. The van der Waals surface area contributed by atoms with Gasteiger partial charge in [0.1, 0.15) is 0 Å². The molecule has 126 valence electrons. The molecule has 0 saturated carbocycles. The van der Waals surface area contributed by atoms with Crippen LogP contribution >= 0.6 is 0 Å². The molecule has 2 aliphatic rings. The molecule has 0 aromatic carbocycles. The van der Waals surface area contributed by atoms with E-state index in [0.717, 1.165) is 18.7 Å². The highest BCUT2D eigenvalue weighted by atomic mass is 16.3. The number of carbonyl (C=O) groups is 1. The van der Waals surface area contributed by atoms with Crippen molar-refractivity contribution in [3.8, 4) is 0 Å². The smallest absolute Gasteiger partial charge is 0.250 e. The molecular weight excluding hydrogens is 294 g/mol. The van der Waals surface area contributed by atoms with Gasteiger partial charge in [-0.2, -0.15) is 0 Å². The van der Waals surface area contributed by atoms with Crippen molar-refractivity contribution in [1.82, 2.24) is 14.4 Å². The minimum absolute atomic E-state index is 0.0247. The summed E-state index contributed by atoms with van der Waals surface area (Å²) in [7, 11) is 3.50. The molecule has 1 fully saturated rings. The lowest BCUT2D eigenvalue weighted by Crippen LogP contribution is -2.46. The van der Waals surface area contributed by atoms with Crippen molar-refractivity contribution < 1.29 is 9.90 Å². The number of nitrogens with zero attached hydrogens (tertiary/aromatic N) is 3. The second kappa shape index (κ2) is 6.09. The van der Waals surface area contributed by atoms with E-state index in [4.69, 9.17) is 0 Å². The van der Waals surface area contributed by atoms with Crippen LogP contribution in [0.2, 0.25) is 0 Å². The number of aromatic nitrogens is 1. The third-order valence-electron chi connectivity index (χ3n) is 5.25. The Kier molecular flexibility index (Phi) is 4.29. The van der Waals surface area contributed by atoms with Crippen LogP contribution in [0.15, 0.2) is 23.0 Å². The summed E-state index contributed by atoms with van der Waals surface area (Å²) >= 11 is 0. The molecule has 0 aliphatic carbocycles. The van der Waals surface area contributed by atoms with Gasteiger partial charge in [-0.1, -0.05) is 13.0 Å². The van der Waals surface area contributed by atoms with Gasteiger partial charge in [0.15, 0.2) is 0 Å². The van der Waals surface area contributed by atoms with Gasteiger partial charge in [-0.15, -0.1) is 0 Å². The van der Waals surface area contributed by atoms with E-state index >= 15 is 0 Å². The first-order valence-electron chi connectivity index (χ1n) is 8.28. The maximum Gasteiger partial charge on any atom is 0.250 e. The molecule has 3 heterocycles. The van der Waals surface area contributed by atoms with Gasteiger partial charge < -0.3 is 14.6 Å². The molecule has 1 aromatic rings. The van der Waals surface area contributed by atoms with Gasteiger partial charge in [0.25, 0.3) is 5.56 Å². The van der Waals surface area contributed by atoms with E-state index in [1.807, 2.05) is 6.07 Å². The molecule has 6 nitrogen and oxygen atoms in total. The van der Waals surface area contributed by atoms with Crippen molar-refractivity contribution in [2.24, 2.45) is 11.8 Å². The summed E-state index contributed by atoms with van der Waals surface area (Å²) in [4.78, 5) is 29.0.